The molecule has 0 spiro atoms. The second kappa shape index (κ2) is 7.14. The van der Waals surface area contributed by atoms with Crippen molar-refractivity contribution in [3.8, 4) is 0 Å². The van der Waals surface area contributed by atoms with E-state index in [0.29, 0.717) is 12.3 Å². The van der Waals surface area contributed by atoms with Crippen molar-refractivity contribution in [3.05, 3.63) is 35.9 Å². The van der Waals surface area contributed by atoms with Crippen LogP contribution in [0.15, 0.2) is 30.3 Å². The zero-order valence-electron chi connectivity index (χ0n) is 14.9. The number of likely N-dealkylation sites (tertiary alicyclic amines) is 1. The fourth-order valence-electron chi connectivity index (χ4n) is 4.01. The molecule has 2 aliphatic heterocycles. The Bertz CT molecular complexity index is 628. The minimum atomic E-state index is -1.04. The molecule has 3 rings (SSSR count). The van der Waals surface area contributed by atoms with E-state index in [-0.39, 0.29) is 17.7 Å². The zero-order chi connectivity index (χ0) is 18.0. The molecule has 136 valence electrons. The van der Waals surface area contributed by atoms with Crippen molar-refractivity contribution in [2.45, 2.75) is 50.9 Å². The van der Waals surface area contributed by atoms with Crippen LogP contribution in [0.25, 0.3) is 0 Å². The van der Waals surface area contributed by atoms with Gasteiger partial charge in [-0.05, 0) is 37.7 Å². The highest BCUT2D eigenvalue weighted by atomic mass is 16.3. The van der Waals surface area contributed by atoms with Gasteiger partial charge in [0.1, 0.15) is 0 Å². The minimum Gasteiger partial charge on any atom is -0.361 e. The Morgan fingerprint density at radius 1 is 1.32 bits per heavy atom. The van der Waals surface area contributed by atoms with Gasteiger partial charge in [0.15, 0.2) is 6.35 Å². The molecule has 3 N–H and O–H groups in total. The highest BCUT2D eigenvalue weighted by molar-refractivity contribution is 5.89. The van der Waals surface area contributed by atoms with Crippen LogP contribution in [0.3, 0.4) is 0 Å². The summed E-state index contributed by atoms with van der Waals surface area (Å²) in [7, 11) is 0. The van der Waals surface area contributed by atoms with Gasteiger partial charge in [-0.15, -0.1) is 0 Å². The predicted molar refractivity (Wildman–Crippen MR) is 94.5 cm³/mol. The number of hydrogen-bond donors (Lipinski definition) is 3. The van der Waals surface area contributed by atoms with Gasteiger partial charge in [0.2, 0.25) is 11.8 Å². The van der Waals surface area contributed by atoms with E-state index in [1.807, 2.05) is 17.9 Å². The third kappa shape index (κ3) is 3.85. The zero-order valence-corrected chi connectivity index (χ0v) is 14.9. The molecular formula is C19H27N3O3. The summed E-state index contributed by atoms with van der Waals surface area (Å²) in [5, 5.41) is 14.8. The number of aliphatic hydroxyl groups excluding tert-OH is 1. The summed E-state index contributed by atoms with van der Waals surface area (Å²) in [5.74, 6) is 0.0588. The molecule has 6 heteroatoms. The molecular weight excluding hydrogens is 318 g/mol. The van der Waals surface area contributed by atoms with E-state index in [1.165, 1.54) is 5.56 Å². The van der Waals surface area contributed by atoms with Crippen molar-refractivity contribution in [2.75, 3.05) is 13.1 Å². The van der Waals surface area contributed by atoms with Gasteiger partial charge in [-0.3, -0.25) is 14.9 Å². The van der Waals surface area contributed by atoms with Gasteiger partial charge < -0.3 is 15.3 Å². The SMILES string of the molecule is C[C@@H](C[C@@]1(C)NC(O)NC1=O)C(=O)N1CCC(c2ccccc2)CC1. The Hall–Kier alpha value is -1.92. The Labute approximate surface area is 148 Å². The van der Waals surface area contributed by atoms with Crippen molar-refractivity contribution < 1.29 is 14.7 Å². The molecule has 2 fully saturated rings. The molecule has 3 atom stereocenters. The molecule has 1 unspecified atom stereocenters. The summed E-state index contributed by atoms with van der Waals surface area (Å²) in [6.45, 7) is 5.09. The lowest BCUT2D eigenvalue weighted by Crippen LogP contribution is -2.49. The van der Waals surface area contributed by atoms with Crippen LogP contribution >= 0.6 is 0 Å². The van der Waals surface area contributed by atoms with Crippen LogP contribution in [-0.2, 0) is 9.59 Å². The van der Waals surface area contributed by atoms with Crippen LogP contribution in [0.2, 0.25) is 0 Å². The van der Waals surface area contributed by atoms with E-state index < -0.39 is 11.9 Å². The van der Waals surface area contributed by atoms with Crippen LogP contribution in [0.4, 0.5) is 0 Å². The maximum atomic E-state index is 12.8. The molecule has 0 aromatic heterocycles. The summed E-state index contributed by atoms with van der Waals surface area (Å²) in [6.07, 6.45) is 1.27. The largest absolute Gasteiger partial charge is 0.361 e. The topological polar surface area (TPSA) is 81.7 Å². The number of hydrogen-bond acceptors (Lipinski definition) is 4. The number of carbonyl (C=O) groups excluding carboxylic acids is 2. The van der Waals surface area contributed by atoms with Crippen LogP contribution < -0.4 is 10.6 Å². The second-order valence-electron chi connectivity index (χ2n) is 7.47. The average molecular weight is 345 g/mol. The first-order chi connectivity index (χ1) is 11.9. The number of amides is 2. The van der Waals surface area contributed by atoms with E-state index >= 15 is 0 Å². The highest BCUT2D eigenvalue weighted by Gasteiger charge is 2.44. The Morgan fingerprint density at radius 2 is 1.96 bits per heavy atom. The molecule has 0 bridgehead atoms. The number of aliphatic hydroxyl groups is 1. The number of rotatable bonds is 4. The van der Waals surface area contributed by atoms with Crippen LogP contribution in [-0.4, -0.2) is 46.8 Å². The van der Waals surface area contributed by atoms with Gasteiger partial charge in [-0.2, -0.15) is 0 Å². The van der Waals surface area contributed by atoms with Crippen molar-refractivity contribution >= 4 is 11.8 Å². The Morgan fingerprint density at radius 3 is 2.52 bits per heavy atom. The van der Waals surface area contributed by atoms with Gasteiger partial charge in [-0.25, -0.2) is 0 Å². The maximum Gasteiger partial charge on any atom is 0.243 e. The first-order valence-corrected chi connectivity index (χ1v) is 8.99. The number of carbonyl (C=O) groups is 2. The molecule has 0 radical (unpaired) electrons. The lowest BCUT2D eigenvalue weighted by Gasteiger charge is -2.35. The first-order valence-electron chi connectivity index (χ1n) is 8.99. The lowest BCUT2D eigenvalue weighted by atomic mass is 9.87. The standard InChI is InChI=1S/C19H27N3O3/c1-13(12-19(2)17(24)20-18(25)21-19)16(23)22-10-8-15(9-11-22)14-6-4-3-5-7-14/h3-7,13,15,18,21,25H,8-12H2,1-2H3,(H,20,24)/t13-,18?,19+/m0/s1. The lowest BCUT2D eigenvalue weighted by molar-refractivity contribution is -0.137. The second-order valence-corrected chi connectivity index (χ2v) is 7.47. The summed E-state index contributed by atoms with van der Waals surface area (Å²) in [4.78, 5) is 26.7. The van der Waals surface area contributed by atoms with Gasteiger partial charge in [0.25, 0.3) is 0 Å². The molecule has 25 heavy (non-hydrogen) atoms. The van der Waals surface area contributed by atoms with Crippen molar-refractivity contribution in [1.29, 1.82) is 0 Å². The smallest absolute Gasteiger partial charge is 0.243 e. The normalized spacial score (nSPS) is 28.7. The number of piperidine rings is 1. The van der Waals surface area contributed by atoms with E-state index in [1.54, 1.807) is 6.92 Å². The molecule has 1 aromatic carbocycles. The maximum absolute atomic E-state index is 12.8. The van der Waals surface area contributed by atoms with Crippen LogP contribution in [0, 0.1) is 5.92 Å². The van der Waals surface area contributed by atoms with E-state index in [4.69, 9.17) is 0 Å². The van der Waals surface area contributed by atoms with Gasteiger partial charge in [0, 0.05) is 19.0 Å². The number of nitrogens with zero attached hydrogens (tertiary/aromatic N) is 1. The third-order valence-corrected chi connectivity index (χ3v) is 5.44. The molecule has 6 nitrogen and oxygen atoms in total. The third-order valence-electron chi connectivity index (χ3n) is 5.44. The highest BCUT2D eigenvalue weighted by Crippen LogP contribution is 2.29. The molecule has 2 heterocycles. The summed E-state index contributed by atoms with van der Waals surface area (Å²) in [5.41, 5.74) is 0.438. The quantitative estimate of drug-likeness (QED) is 0.765. The summed E-state index contributed by atoms with van der Waals surface area (Å²) < 4.78 is 0. The molecule has 0 saturated carbocycles. The Balaban J connectivity index is 1.54. The molecule has 0 aliphatic carbocycles. The van der Waals surface area contributed by atoms with Gasteiger partial charge in [0.05, 0.1) is 5.54 Å². The fraction of sp³-hybridized carbons (Fsp3) is 0.579. The van der Waals surface area contributed by atoms with Gasteiger partial charge in [-0.1, -0.05) is 37.3 Å². The summed E-state index contributed by atoms with van der Waals surface area (Å²) >= 11 is 0. The molecule has 2 aliphatic rings. The van der Waals surface area contributed by atoms with E-state index in [2.05, 4.69) is 34.9 Å². The van der Waals surface area contributed by atoms with E-state index in [0.717, 1.165) is 25.9 Å². The average Bonchev–Trinajstić information content (AvgIpc) is 2.86. The summed E-state index contributed by atoms with van der Waals surface area (Å²) in [6, 6.07) is 10.4. The van der Waals surface area contributed by atoms with Crippen LogP contribution in [0.5, 0.6) is 0 Å². The van der Waals surface area contributed by atoms with Gasteiger partial charge >= 0.3 is 0 Å². The number of benzene rings is 1. The fourth-order valence-corrected chi connectivity index (χ4v) is 4.01. The van der Waals surface area contributed by atoms with Crippen molar-refractivity contribution in [1.82, 2.24) is 15.5 Å². The van der Waals surface area contributed by atoms with Crippen molar-refractivity contribution in [3.63, 3.8) is 0 Å². The predicted octanol–water partition coefficient (Wildman–Crippen LogP) is 1.17. The van der Waals surface area contributed by atoms with E-state index in [9.17, 15) is 14.7 Å². The molecule has 2 saturated heterocycles. The monoisotopic (exact) mass is 345 g/mol. The van der Waals surface area contributed by atoms with Crippen LogP contribution in [0.1, 0.15) is 44.6 Å². The molecule has 1 aromatic rings. The first kappa shape index (κ1) is 17.9. The molecule has 2 amide bonds. The van der Waals surface area contributed by atoms with Crippen molar-refractivity contribution in [2.24, 2.45) is 5.92 Å². The Kier molecular flexibility index (Phi) is 5.11. The number of nitrogens with one attached hydrogen (secondary N) is 2. The minimum absolute atomic E-state index is 0.0868.